The van der Waals surface area contributed by atoms with Gasteiger partial charge in [-0.2, -0.15) is 5.10 Å². The van der Waals surface area contributed by atoms with Gasteiger partial charge in [-0.3, -0.25) is 4.68 Å². The normalized spacial score (nSPS) is 22.6. The molecule has 1 saturated heterocycles. The van der Waals surface area contributed by atoms with Crippen LogP contribution in [0.2, 0.25) is 5.15 Å². The number of hydrogen-bond donors (Lipinski definition) is 0. The van der Waals surface area contributed by atoms with E-state index in [1.54, 1.807) is 6.20 Å². The van der Waals surface area contributed by atoms with Gasteiger partial charge in [0.25, 0.3) is 0 Å². The largest absolute Gasteiger partial charge is 0.486 e. The molecular formula is C16H26ClN3O. The van der Waals surface area contributed by atoms with E-state index in [2.05, 4.69) is 17.0 Å². The van der Waals surface area contributed by atoms with Crippen molar-refractivity contribution in [3.63, 3.8) is 0 Å². The summed E-state index contributed by atoms with van der Waals surface area (Å²) < 4.78 is 7.98. The van der Waals surface area contributed by atoms with Gasteiger partial charge in [-0.25, -0.2) is 0 Å². The molecular weight excluding hydrogens is 286 g/mol. The highest BCUT2D eigenvalue weighted by atomic mass is 35.5. The summed E-state index contributed by atoms with van der Waals surface area (Å²) >= 11 is 6.46. The van der Waals surface area contributed by atoms with Crippen molar-refractivity contribution in [2.45, 2.75) is 57.6 Å². The average Bonchev–Trinajstić information content (AvgIpc) is 2.84. The Bertz CT molecular complexity index is 448. The first-order valence-corrected chi connectivity index (χ1v) is 8.66. The van der Waals surface area contributed by atoms with Gasteiger partial charge in [0.05, 0.1) is 12.3 Å². The van der Waals surface area contributed by atoms with E-state index in [0.717, 1.165) is 25.1 Å². The number of likely N-dealkylation sites (tertiary alicyclic amines) is 1. The van der Waals surface area contributed by atoms with Gasteiger partial charge in [0.1, 0.15) is 0 Å². The minimum atomic E-state index is 0.331. The minimum Gasteiger partial charge on any atom is -0.486 e. The maximum Gasteiger partial charge on any atom is 0.176 e. The predicted molar refractivity (Wildman–Crippen MR) is 85.0 cm³/mol. The third-order valence-corrected chi connectivity index (χ3v) is 5.24. The summed E-state index contributed by atoms with van der Waals surface area (Å²) in [5.41, 5.74) is 0. The van der Waals surface area contributed by atoms with Gasteiger partial charge in [0.15, 0.2) is 10.9 Å². The van der Waals surface area contributed by atoms with Gasteiger partial charge in [-0.1, -0.05) is 18.0 Å². The van der Waals surface area contributed by atoms with Crippen LogP contribution >= 0.6 is 11.6 Å². The summed E-state index contributed by atoms with van der Waals surface area (Å²) in [6.45, 7) is 3.27. The lowest BCUT2D eigenvalue weighted by atomic mass is 9.97. The molecule has 3 rings (SSSR count). The molecule has 0 bridgehead atoms. The van der Waals surface area contributed by atoms with E-state index in [4.69, 9.17) is 16.3 Å². The third-order valence-electron chi connectivity index (χ3n) is 4.86. The molecule has 0 spiro atoms. The molecule has 0 amide bonds. The van der Waals surface area contributed by atoms with Gasteiger partial charge in [0, 0.05) is 6.54 Å². The highest BCUT2D eigenvalue weighted by Crippen LogP contribution is 2.30. The van der Waals surface area contributed by atoms with Crippen molar-refractivity contribution in [3.05, 3.63) is 11.3 Å². The number of hydrogen-bond acceptors (Lipinski definition) is 3. The Labute approximate surface area is 132 Å². The van der Waals surface area contributed by atoms with E-state index < -0.39 is 0 Å². The Morgan fingerprint density at radius 3 is 2.62 bits per heavy atom. The summed E-state index contributed by atoms with van der Waals surface area (Å²) in [7, 11) is 2.19. The van der Waals surface area contributed by atoms with Crippen molar-refractivity contribution in [2.75, 3.05) is 20.1 Å². The maximum atomic E-state index is 6.46. The quantitative estimate of drug-likeness (QED) is 0.851. The fourth-order valence-electron chi connectivity index (χ4n) is 3.41. The van der Waals surface area contributed by atoms with E-state index in [1.165, 1.54) is 45.2 Å². The second-order valence-corrected chi connectivity index (χ2v) is 6.96. The van der Waals surface area contributed by atoms with Gasteiger partial charge in [-0.05, 0) is 64.6 Å². The number of aromatic nitrogens is 2. The lowest BCUT2D eigenvalue weighted by Crippen LogP contribution is -2.32. The molecule has 1 aromatic heterocycles. The fraction of sp³-hybridized carbons (Fsp3) is 0.812. The first kappa shape index (κ1) is 15.2. The Balaban J connectivity index is 1.57. The fourth-order valence-corrected chi connectivity index (χ4v) is 3.62. The van der Waals surface area contributed by atoms with E-state index in [1.807, 2.05) is 4.68 Å². The molecule has 5 heteroatoms. The Kier molecular flexibility index (Phi) is 5.07. The van der Waals surface area contributed by atoms with Crippen molar-refractivity contribution in [2.24, 2.45) is 5.92 Å². The highest BCUT2D eigenvalue weighted by molar-refractivity contribution is 6.31. The van der Waals surface area contributed by atoms with E-state index in [9.17, 15) is 0 Å². The Morgan fingerprint density at radius 2 is 1.90 bits per heavy atom. The van der Waals surface area contributed by atoms with Crippen LogP contribution in [0.25, 0.3) is 0 Å². The summed E-state index contributed by atoms with van der Waals surface area (Å²) in [4.78, 5) is 2.39. The lowest BCUT2D eigenvalue weighted by Gasteiger charge is -2.28. The number of rotatable bonds is 4. The lowest BCUT2D eigenvalue weighted by molar-refractivity contribution is 0.154. The summed E-state index contributed by atoms with van der Waals surface area (Å²) in [5, 5.41) is 5.12. The summed E-state index contributed by atoms with van der Waals surface area (Å²) in [6, 6.07) is 0. The van der Waals surface area contributed by atoms with Crippen LogP contribution in [-0.4, -0.2) is 40.9 Å². The second-order valence-electron chi connectivity index (χ2n) is 6.61. The SMILES string of the molecule is CN1CCC(Cn2ncc(OC3CCCCC3)c2Cl)CC1. The molecule has 0 unspecified atom stereocenters. The van der Waals surface area contributed by atoms with Crippen LogP contribution in [0.15, 0.2) is 6.20 Å². The topological polar surface area (TPSA) is 30.3 Å². The maximum absolute atomic E-state index is 6.46. The highest BCUT2D eigenvalue weighted by Gasteiger charge is 2.21. The van der Waals surface area contributed by atoms with Crippen LogP contribution in [0.4, 0.5) is 0 Å². The van der Waals surface area contributed by atoms with Gasteiger partial charge < -0.3 is 9.64 Å². The van der Waals surface area contributed by atoms with E-state index >= 15 is 0 Å². The van der Waals surface area contributed by atoms with Crippen molar-refractivity contribution in [3.8, 4) is 5.75 Å². The summed E-state index contributed by atoms with van der Waals surface area (Å²) in [5.74, 6) is 1.46. The first-order chi connectivity index (χ1) is 10.2. The Morgan fingerprint density at radius 1 is 1.19 bits per heavy atom. The Hall–Kier alpha value is -0.740. The first-order valence-electron chi connectivity index (χ1n) is 8.29. The average molecular weight is 312 g/mol. The molecule has 21 heavy (non-hydrogen) atoms. The minimum absolute atomic E-state index is 0.331. The van der Waals surface area contributed by atoms with Crippen LogP contribution < -0.4 is 4.74 Å². The summed E-state index contributed by atoms with van der Waals surface area (Å²) in [6.07, 6.45) is 10.8. The molecule has 1 saturated carbocycles. The van der Waals surface area contributed by atoms with Gasteiger partial charge in [0.2, 0.25) is 0 Å². The van der Waals surface area contributed by atoms with E-state index in [0.29, 0.717) is 17.2 Å². The molecule has 0 aromatic carbocycles. The number of nitrogens with zero attached hydrogens (tertiary/aromatic N) is 3. The zero-order chi connectivity index (χ0) is 14.7. The molecule has 1 aromatic rings. The zero-order valence-electron chi connectivity index (χ0n) is 12.9. The molecule has 118 valence electrons. The van der Waals surface area contributed by atoms with Crippen molar-refractivity contribution >= 4 is 11.6 Å². The standard InChI is InChI=1S/C16H26ClN3O/c1-19-9-7-13(8-10-19)12-20-16(17)15(11-18-20)21-14-5-3-2-4-6-14/h11,13-14H,2-10,12H2,1H3. The van der Waals surface area contributed by atoms with Crippen molar-refractivity contribution < 1.29 is 4.74 Å². The molecule has 0 N–H and O–H groups in total. The second kappa shape index (κ2) is 7.01. The monoisotopic (exact) mass is 311 g/mol. The van der Waals surface area contributed by atoms with Crippen molar-refractivity contribution in [1.82, 2.24) is 14.7 Å². The molecule has 2 heterocycles. The predicted octanol–water partition coefficient (Wildman–Crippen LogP) is 3.59. The smallest absolute Gasteiger partial charge is 0.176 e. The number of halogens is 1. The molecule has 1 aliphatic carbocycles. The van der Waals surface area contributed by atoms with Crippen LogP contribution in [0, 0.1) is 5.92 Å². The zero-order valence-corrected chi connectivity index (χ0v) is 13.7. The van der Waals surface area contributed by atoms with E-state index in [-0.39, 0.29) is 0 Å². The van der Waals surface area contributed by atoms with Gasteiger partial charge in [-0.15, -0.1) is 0 Å². The molecule has 2 fully saturated rings. The molecule has 4 nitrogen and oxygen atoms in total. The van der Waals surface area contributed by atoms with Crippen molar-refractivity contribution in [1.29, 1.82) is 0 Å². The number of piperidine rings is 1. The van der Waals surface area contributed by atoms with Crippen LogP contribution in [0.5, 0.6) is 5.75 Å². The molecule has 0 radical (unpaired) electrons. The van der Waals surface area contributed by atoms with Gasteiger partial charge >= 0.3 is 0 Å². The van der Waals surface area contributed by atoms with Crippen LogP contribution in [-0.2, 0) is 6.54 Å². The number of ether oxygens (including phenoxy) is 1. The van der Waals surface area contributed by atoms with Crippen LogP contribution in [0.1, 0.15) is 44.9 Å². The van der Waals surface area contributed by atoms with Crippen LogP contribution in [0.3, 0.4) is 0 Å². The third kappa shape index (κ3) is 3.92. The molecule has 2 aliphatic rings. The molecule has 1 aliphatic heterocycles. The molecule has 0 atom stereocenters.